The predicted octanol–water partition coefficient (Wildman–Crippen LogP) is 1.78. The van der Waals surface area contributed by atoms with Crippen LogP contribution in [0.1, 0.15) is 32.6 Å². The fraction of sp³-hybridized carbons (Fsp3) is 0.600. The summed E-state index contributed by atoms with van der Waals surface area (Å²) in [5.41, 5.74) is 1.13. The first-order valence-corrected chi connectivity index (χ1v) is 4.52. The molecule has 1 saturated carbocycles. The highest BCUT2D eigenvalue weighted by Crippen LogP contribution is 2.29. The van der Waals surface area contributed by atoms with Crippen LogP contribution in [0, 0.1) is 5.92 Å². The third kappa shape index (κ3) is 2.68. The average Bonchev–Trinajstić information content (AvgIpc) is 2.03. The van der Waals surface area contributed by atoms with Crippen molar-refractivity contribution in [3.8, 4) is 0 Å². The van der Waals surface area contributed by atoms with Crippen molar-refractivity contribution in [3.63, 3.8) is 0 Å². The van der Waals surface area contributed by atoms with E-state index in [1.54, 1.807) is 0 Å². The maximum Gasteiger partial charge on any atom is 0.303 e. The van der Waals surface area contributed by atoms with Crippen LogP contribution >= 0.6 is 0 Å². The zero-order valence-corrected chi connectivity index (χ0v) is 7.75. The Morgan fingerprint density at radius 3 is 2.85 bits per heavy atom. The molecule has 1 aliphatic rings. The molecule has 72 valence electrons. The summed E-state index contributed by atoms with van der Waals surface area (Å²) in [6.07, 6.45) is 3.76. The predicted molar refractivity (Wildman–Crippen MR) is 48.4 cm³/mol. The monoisotopic (exact) mass is 182 g/mol. The summed E-state index contributed by atoms with van der Waals surface area (Å²) in [5.74, 6) is -0.681. The van der Waals surface area contributed by atoms with Crippen LogP contribution in [0.3, 0.4) is 0 Å². The van der Waals surface area contributed by atoms with E-state index in [2.05, 4.69) is 0 Å². The van der Waals surface area contributed by atoms with Gasteiger partial charge in [-0.1, -0.05) is 11.6 Å². The van der Waals surface area contributed by atoms with Crippen LogP contribution in [0.5, 0.6) is 0 Å². The van der Waals surface area contributed by atoms with Gasteiger partial charge in [-0.2, -0.15) is 0 Å². The number of carboxylic acids is 1. The SMILES string of the molecule is C/C=C1/CCC(=O)CC1CC(=O)O. The van der Waals surface area contributed by atoms with E-state index in [0.717, 1.165) is 12.0 Å². The van der Waals surface area contributed by atoms with Gasteiger partial charge in [-0.3, -0.25) is 9.59 Å². The Kier molecular flexibility index (Phi) is 3.23. The van der Waals surface area contributed by atoms with Gasteiger partial charge >= 0.3 is 5.97 Å². The first kappa shape index (κ1) is 9.96. The number of ketones is 1. The van der Waals surface area contributed by atoms with E-state index in [4.69, 9.17) is 5.11 Å². The third-order valence-electron chi connectivity index (χ3n) is 2.48. The Morgan fingerprint density at radius 2 is 2.31 bits per heavy atom. The van der Waals surface area contributed by atoms with Gasteiger partial charge in [0.05, 0.1) is 6.42 Å². The number of hydrogen-bond acceptors (Lipinski definition) is 2. The smallest absolute Gasteiger partial charge is 0.303 e. The second-order valence-corrected chi connectivity index (χ2v) is 3.40. The zero-order chi connectivity index (χ0) is 9.84. The summed E-state index contributed by atoms with van der Waals surface area (Å²) in [6.45, 7) is 1.90. The maximum atomic E-state index is 11.1. The minimum Gasteiger partial charge on any atom is -0.481 e. The lowest BCUT2D eigenvalue weighted by Gasteiger charge is -2.22. The molecule has 13 heavy (non-hydrogen) atoms. The van der Waals surface area contributed by atoms with E-state index in [1.165, 1.54) is 0 Å². The molecule has 0 saturated heterocycles. The molecular formula is C10H14O3. The van der Waals surface area contributed by atoms with Gasteiger partial charge in [0.15, 0.2) is 0 Å². The van der Waals surface area contributed by atoms with Crippen LogP contribution in [-0.2, 0) is 9.59 Å². The molecule has 0 aromatic rings. The molecule has 1 unspecified atom stereocenters. The molecule has 0 bridgehead atoms. The van der Waals surface area contributed by atoms with Gasteiger partial charge in [-0.05, 0) is 19.3 Å². The summed E-state index contributed by atoms with van der Waals surface area (Å²) < 4.78 is 0. The van der Waals surface area contributed by atoms with Crippen LogP contribution in [-0.4, -0.2) is 16.9 Å². The molecular weight excluding hydrogens is 168 g/mol. The Labute approximate surface area is 77.4 Å². The summed E-state index contributed by atoms with van der Waals surface area (Å²) in [4.78, 5) is 21.6. The van der Waals surface area contributed by atoms with Gasteiger partial charge in [0.1, 0.15) is 5.78 Å². The minimum absolute atomic E-state index is 0.0521. The number of hydrogen-bond donors (Lipinski definition) is 1. The molecule has 3 heteroatoms. The van der Waals surface area contributed by atoms with Crippen molar-refractivity contribution >= 4 is 11.8 Å². The number of carboxylic acid groups (broad SMARTS) is 1. The first-order chi connectivity index (χ1) is 6.13. The summed E-state index contributed by atoms with van der Waals surface area (Å²) in [5, 5.41) is 8.63. The molecule has 0 aromatic heterocycles. The van der Waals surface area contributed by atoms with Crippen LogP contribution in [0.15, 0.2) is 11.6 Å². The van der Waals surface area contributed by atoms with E-state index in [-0.39, 0.29) is 18.1 Å². The number of carbonyl (C=O) groups excluding carboxylic acids is 1. The molecule has 0 aromatic carbocycles. The summed E-state index contributed by atoms with van der Waals surface area (Å²) >= 11 is 0. The van der Waals surface area contributed by atoms with Crippen molar-refractivity contribution in [1.82, 2.24) is 0 Å². The molecule has 0 spiro atoms. The molecule has 0 amide bonds. The van der Waals surface area contributed by atoms with Crippen molar-refractivity contribution in [3.05, 3.63) is 11.6 Å². The standard InChI is InChI=1S/C10H14O3/c1-2-7-3-4-9(11)5-8(7)6-10(12)13/h2,8H,3-6H2,1H3,(H,12,13)/b7-2-. The highest BCUT2D eigenvalue weighted by Gasteiger charge is 2.25. The first-order valence-electron chi connectivity index (χ1n) is 4.52. The van der Waals surface area contributed by atoms with E-state index in [9.17, 15) is 9.59 Å². The molecule has 0 heterocycles. The molecule has 1 fully saturated rings. The number of allylic oxidation sites excluding steroid dienone is 2. The number of aliphatic carboxylic acids is 1. The van der Waals surface area contributed by atoms with Gasteiger partial charge in [-0.25, -0.2) is 0 Å². The van der Waals surface area contributed by atoms with Crippen LogP contribution in [0.2, 0.25) is 0 Å². The molecule has 1 rings (SSSR count). The van der Waals surface area contributed by atoms with Crippen molar-refractivity contribution in [1.29, 1.82) is 0 Å². The molecule has 3 nitrogen and oxygen atoms in total. The van der Waals surface area contributed by atoms with Gasteiger partial charge < -0.3 is 5.11 Å². The largest absolute Gasteiger partial charge is 0.481 e. The van der Waals surface area contributed by atoms with Crippen molar-refractivity contribution in [2.75, 3.05) is 0 Å². The van der Waals surface area contributed by atoms with Gasteiger partial charge in [0, 0.05) is 12.8 Å². The fourth-order valence-corrected chi connectivity index (χ4v) is 1.79. The van der Waals surface area contributed by atoms with E-state index in [1.807, 2.05) is 13.0 Å². The Morgan fingerprint density at radius 1 is 1.62 bits per heavy atom. The third-order valence-corrected chi connectivity index (χ3v) is 2.48. The lowest BCUT2D eigenvalue weighted by atomic mass is 9.81. The molecule has 1 aliphatic carbocycles. The topological polar surface area (TPSA) is 54.4 Å². The molecule has 1 atom stereocenters. The van der Waals surface area contributed by atoms with Gasteiger partial charge in [-0.15, -0.1) is 0 Å². The van der Waals surface area contributed by atoms with Crippen molar-refractivity contribution in [2.24, 2.45) is 5.92 Å². The zero-order valence-electron chi connectivity index (χ0n) is 7.75. The van der Waals surface area contributed by atoms with E-state index >= 15 is 0 Å². The quantitative estimate of drug-likeness (QED) is 0.662. The van der Waals surface area contributed by atoms with E-state index < -0.39 is 5.97 Å². The highest BCUT2D eigenvalue weighted by molar-refractivity contribution is 5.81. The van der Waals surface area contributed by atoms with Gasteiger partial charge in [0.2, 0.25) is 0 Å². The Bertz CT molecular complexity index is 251. The molecule has 1 N–H and O–H groups in total. The maximum absolute atomic E-state index is 11.1. The van der Waals surface area contributed by atoms with Crippen LogP contribution in [0.4, 0.5) is 0 Å². The summed E-state index contributed by atoms with van der Waals surface area (Å²) in [6, 6.07) is 0. The van der Waals surface area contributed by atoms with E-state index in [0.29, 0.717) is 12.8 Å². The minimum atomic E-state index is -0.820. The van der Waals surface area contributed by atoms with Crippen molar-refractivity contribution < 1.29 is 14.7 Å². The number of rotatable bonds is 2. The second kappa shape index (κ2) is 4.21. The van der Waals surface area contributed by atoms with Crippen LogP contribution < -0.4 is 0 Å². The Balaban J connectivity index is 2.65. The normalized spacial score (nSPS) is 26.4. The van der Waals surface area contributed by atoms with Crippen molar-refractivity contribution in [2.45, 2.75) is 32.6 Å². The summed E-state index contributed by atoms with van der Waals surface area (Å²) in [7, 11) is 0. The fourth-order valence-electron chi connectivity index (χ4n) is 1.79. The number of carbonyl (C=O) groups is 2. The van der Waals surface area contributed by atoms with Crippen LogP contribution in [0.25, 0.3) is 0 Å². The Hall–Kier alpha value is -1.12. The lowest BCUT2D eigenvalue weighted by molar-refractivity contribution is -0.138. The average molecular weight is 182 g/mol. The van der Waals surface area contributed by atoms with Gasteiger partial charge in [0.25, 0.3) is 0 Å². The second-order valence-electron chi connectivity index (χ2n) is 3.40. The lowest BCUT2D eigenvalue weighted by Crippen LogP contribution is -2.20. The molecule has 0 aliphatic heterocycles. The highest BCUT2D eigenvalue weighted by atomic mass is 16.4. The number of Topliss-reactive ketones (excluding diaryl/α,β-unsaturated/α-hetero) is 1. The molecule has 0 radical (unpaired) electrons.